The number of hydrogen-bond acceptors (Lipinski definition) is 3. The third kappa shape index (κ3) is 9.62. The van der Waals surface area contributed by atoms with Crippen LogP contribution in [0.3, 0.4) is 0 Å². The molecule has 0 bridgehead atoms. The molecule has 2 unspecified atom stereocenters. The zero-order valence-electron chi connectivity index (χ0n) is 13.5. The summed E-state index contributed by atoms with van der Waals surface area (Å²) in [4.78, 5) is 12.0. The van der Waals surface area contributed by atoms with Gasteiger partial charge in [0.25, 0.3) is 0 Å². The second-order valence-corrected chi connectivity index (χ2v) is 6.81. The van der Waals surface area contributed by atoms with Crippen molar-refractivity contribution in [2.45, 2.75) is 77.6 Å². The lowest BCUT2D eigenvalue weighted by Gasteiger charge is -2.19. The average Bonchev–Trinajstić information content (AvgIpc) is 2.41. The molecule has 0 amide bonds. The lowest BCUT2D eigenvalue weighted by Crippen LogP contribution is -2.26. The zero-order valence-corrected chi connectivity index (χ0v) is 14.3. The Labute approximate surface area is 128 Å². The first-order valence-corrected chi connectivity index (χ1v) is 9.00. The van der Waals surface area contributed by atoms with Crippen molar-refractivity contribution in [3.8, 4) is 0 Å². The number of rotatable bonds is 12. The molecule has 0 aromatic rings. The van der Waals surface area contributed by atoms with E-state index < -0.39 is 6.17 Å². The van der Waals surface area contributed by atoms with Gasteiger partial charge in [0.2, 0.25) is 0 Å². The van der Waals surface area contributed by atoms with Crippen LogP contribution in [-0.2, 0) is 9.53 Å². The van der Waals surface area contributed by atoms with Gasteiger partial charge in [-0.2, -0.15) is 0 Å². The van der Waals surface area contributed by atoms with E-state index in [4.69, 9.17) is 4.74 Å². The minimum absolute atomic E-state index is 0.0841. The van der Waals surface area contributed by atoms with Crippen LogP contribution in [0.4, 0.5) is 4.39 Å². The highest BCUT2D eigenvalue weighted by molar-refractivity contribution is 8.00. The first-order chi connectivity index (χ1) is 9.52. The summed E-state index contributed by atoms with van der Waals surface area (Å²) in [5.41, 5.74) is 0. The standard InChI is InChI=1S/C16H31FO2S/c1-5-7-11-19-16(18)15(13(3)4)20-12-9-8-10-14(17)6-2/h13-15H,5-12H2,1-4H3. The second kappa shape index (κ2) is 12.5. The number of hydrogen-bond donors (Lipinski definition) is 0. The van der Waals surface area contributed by atoms with E-state index in [1.807, 2.05) is 20.8 Å². The van der Waals surface area contributed by atoms with Crippen molar-refractivity contribution < 1.29 is 13.9 Å². The minimum atomic E-state index is -0.667. The monoisotopic (exact) mass is 306 g/mol. The van der Waals surface area contributed by atoms with Crippen molar-refractivity contribution in [3.63, 3.8) is 0 Å². The van der Waals surface area contributed by atoms with Crippen molar-refractivity contribution in [3.05, 3.63) is 0 Å². The molecule has 20 heavy (non-hydrogen) atoms. The second-order valence-electron chi connectivity index (χ2n) is 5.56. The van der Waals surface area contributed by atoms with Gasteiger partial charge in [-0.15, -0.1) is 11.8 Å². The van der Waals surface area contributed by atoms with Gasteiger partial charge in [0.15, 0.2) is 0 Å². The topological polar surface area (TPSA) is 26.3 Å². The number of thioether (sulfide) groups is 1. The molecular weight excluding hydrogens is 275 g/mol. The van der Waals surface area contributed by atoms with E-state index in [-0.39, 0.29) is 17.1 Å². The van der Waals surface area contributed by atoms with Crippen LogP contribution in [0.1, 0.15) is 66.2 Å². The van der Waals surface area contributed by atoms with Gasteiger partial charge in [-0.1, -0.05) is 34.1 Å². The molecule has 0 aliphatic rings. The van der Waals surface area contributed by atoms with Gasteiger partial charge in [0.1, 0.15) is 5.25 Å². The van der Waals surface area contributed by atoms with E-state index in [0.29, 0.717) is 19.4 Å². The normalized spacial score (nSPS) is 14.3. The fraction of sp³-hybridized carbons (Fsp3) is 0.938. The Balaban J connectivity index is 3.88. The number of unbranched alkanes of at least 4 members (excludes halogenated alkanes) is 2. The smallest absolute Gasteiger partial charge is 0.319 e. The summed E-state index contributed by atoms with van der Waals surface area (Å²) in [6, 6.07) is 0. The number of ether oxygens (including phenoxy) is 1. The summed E-state index contributed by atoms with van der Waals surface area (Å²) in [5, 5.41) is -0.0841. The highest BCUT2D eigenvalue weighted by atomic mass is 32.2. The van der Waals surface area contributed by atoms with Crippen LogP contribution in [0, 0.1) is 5.92 Å². The van der Waals surface area contributed by atoms with Crippen molar-refractivity contribution in [1.82, 2.24) is 0 Å². The Morgan fingerprint density at radius 3 is 2.45 bits per heavy atom. The molecule has 0 aromatic heterocycles. The van der Waals surface area contributed by atoms with E-state index in [9.17, 15) is 9.18 Å². The molecule has 0 spiro atoms. The molecule has 2 nitrogen and oxygen atoms in total. The molecule has 2 atom stereocenters. The van der Waals surface area contributed by atoms with Crippen LogP contribution in [-0.4, -0.2) is 29.8 Å². The quantitative estimate of drug-likeness (QED) is 0.375. The fourth-order valence-electron chi connectivity index (χ4n) is 1.81. The van der Waals surface area contributed by atoms with E-state index in [1.165, 1.54) is 0 Å². The van der Waals surface area contributed by atoms with Gasteiger partial charge in [-0.25, -0.2) is 4.39 Å². The third-order valence-corrected chi connectivity index (χ3v) is 4.85. The first kappa shape index (κ1) is 19.8. The maximum atomic E-state index is 13.1. The molecule has 0 radical (unpaired) electrons. The van der Waals surface area contributed by atoms with Gasteiger partial charge >= 0.3 is 5.97 Å². The molecule has 0 rings (SSSR count). The largest absolute Gasteiger partial charge is 0.465 e. The van der Waals surface area contributed by atoms with Gasteiger partial charge in [0, 0.05) is 0 Å². The van der Waals surface area contributed by atoms with E-state index in [0.717, 1.165) is 31.4 Å². The van der Waals surface area contributed by atoms with Gasteiger partial charge in [0.05, 0.1) is 12.8 Å². The van der Waals surface area contributed by atoms with Crippen LogP contribution in [0.15, 0.2) is 0 Å². The Kier molecular flexibility index (Phi) is 12.3. The SMILES string of the molecule is CCCCOC(=O)C(SCCCCC(F)CC)C(C)C. The summed E-state index contributed by atoms with van der Waals surface area (Å²) >= 11 is 1.66. The van der Waals surface area contributed by atoms with E-state index >= 15 is 0 Å². The number of carbonyl (C=O) groups is 1. The maximum absolute atomic E-state index is 13.1. The lowest BCUT2D eigenvalue weighted by atomic mass is 10.1. The first-order valence-electron chi connectivity index (χ1n) is 7.95. The average molecular weight is 306 g/mol. The molecule has 0 saturated carbocycles. The summed E-state index contributed by atoms with van der Waals surface area (Å²) < 4.78 is 18.4. The molecule has 120 valence electrons. The van der Waals surface area contributed by atoms with E-state index in [1.54, 1.807) is 11.8 Å². The summed E-state index contributed by atoms with van der Waals surface area (Å²) in [7, 11) is 0. The molecule has 0 saturated heterocycles. The van der Waals surface area contributed by atoms with Crippen LogP contribution in [0.2, 0.25) is 0 Å². The predicted molar refractivity (Wildman–Crippen MR) is 86.0 cm³/mol. The Bertz CT molecular complexity index is 247. The third-order valence-electron chi connectivity index (χ3n) is 3.23. The van der Waals surface area contributed by atoms with Gasteiger partial charge in [-0.05, 0) is 43.8 Å². The summed E-state index contributed by atoms with van der Waals surface area (Å²) in [6.45, 7) is 8.58. The van der Waals surface area contributed by atoms with Crippen LogP contribution < -0.4 is 0 Å². The summed E-state index contributed by atoms with van der Waals surface area (Å²) in [6.07, 6.45) is 4.41. The molecule has 0 heterocycles. The fourth-order valence-corrected chi connectivity index (χ4v) is 3.03. The zero-order chi connectivity index (χ0) is 15.4. The van der Waals surface area contributed by atoms with Crippen molar-refractivity contribution in [2.24, 2.45) is 5.92 Å². The van der Waals surface area contributed by atoms with E-state index in [2.05, 4.69) is 6.92 Å². The number of alkyl halides is 1. The van der Waals surface area contributed by atoms with Crippen LogP contribution >= 0.6 is 11.8 Å². The number of carbonyl (C=O) groups excluding carboxylic acids is 1. The van der Waals surface area contributed by atoms with Crippen LogP contribution in [0.25, 0.3) is 0 Å². The molecular formula is C16H31FO2S. The summed E-state index contributed by atoms with van der Waals surface area (Å²) in [5.74, 6) is 1.09. The molecule has 0 aliphatic heterocycles. The van der Waals surface area contributed by atoms with Gasteiger partial charge < -0.3 is 4.74 Å². The maximum Gasteiger partial charge on any atom is 0.319 e. The molecule has 0 fully saturated rings. The molecule has 0 N–H and O–H groups in total. The molecule has 0 aliphatic carbocycles. The van der Waals surface area contributed by atoms with Crippen LogP contribution in [0.5, 0.6) is 0 Å². The van der Waals surface area contributed by atoms with Crippen molar-refractivity contribution in [2.75, 3.05) is 12.4 Å². The Hall–Kier alpha value is -0.250. The minimum Gasteiger partial charge on any atom is -0.465 e. The van der Waals surface area contributed by atoms with Crippen molar-refractivity contribution in [1.29, 1.82) is 0 Å². The lowest BCUT2D eigenvalue weighted by molar-refractivity contribution is -0.143. The van der Waals surface area contributed by atoms with Crippen molar-refractivity contribution >= 4 is 17.7 Å². The van der Waals surface area contributed by atoms with Gasteiger partial charge in [-0.3, -0.25) is 4.79 Å². The highest BCUT2D eigenvalue weighted by Gasteiger charge is 2.23. The number of esters is 1. The molecule has 0 aromatic carbocycles. The Morgan fingerprint density at radius 2 is 1.90 bits per heavy atom. The molecule has 4 heteroatoms. The Morgan fingerprint density at radius 1 is 1.20 bits per heavy atom. The predicted octanol–water partition coefficient (Wildman–Crippen LogP) is 5.01. The highest BCUT2D eigenvalue weighted by Crippen LogP contribution is 2.23. The number of halogens is 1.